The lowest BCUT2D eigenvalue weighted by molar-refractivity contribution is -1.08. The average Bonchev–Trinajstić information content (AvgIpc) is 2.18. The van der Waals surface area contributed by atoms with Crippen molar-refractivity contribution >= 4 is 10.1 Å². The molecule has 88 valence electrons. The standard InChI is InChI=1S/C10H20NO3S/c1-3-10-15(12,13)14-11(4-2)8-6-5-7-9-11/h3H,1,4-10H2,2H3/q+1. The SMILES string of the molecule is C=CCS(=O)(=O)O[N+]1(CC)CCCCC1. The Hall–Kier alpha value is -0.390. The Morgan fingerprint density at radius 2 is 1.93 bits per heavy atom. The number of piperidine rings is 1. The first-order valence-electron chi connectivity index (χ1n) is 5.44. The molecule has 0 atom stereocenters. The Balaban J connectivity index is 2.70. The van der Waals surface area contributed by atoms with Gasteiger partial charge in [-0.2, -0.15) is 13.1 Å². The van der Waals surface area contributed by atoms with E-state index in [1.165, 1.54) is 12.5 Å². The molecule has 0 radical (unpaired) electrons. The Labute approximate surface area is 92.2 Å². The van der Waals surface area contributed by atoms with Crippen LogP contribution in [0.25, 0.3) is 0 Å². The first kappa shape index (κ1) is 12.7. The van der Waals surface area contributed by atoms with Crippen molar-refractivity contribution < 1.29 is 17.3 Å². The molecule has 0 unspecified atom stereocenters. The van der Waals surface area contributed by atoms with E-state index < -0.39 is 10.1 Å². The monoisotopic (exact) mass is 234 g/mol. The van der Waals surface area contributed by atoms with E-state index in [0.29, 0.717) is 6.54 Å². The molecule has 1 fully saturated rings. The zero-order chi connectivity index (χ0) is 11.4. The quantitative estimate of drug-likeness (QED) is 0.534. The van der Waals surface area contributed by atoms with Gasteiger partial charge < -0.3 is 0 Å². The summed E-state index contributed by atoms with van der Waals surface area (Å²) in [5, 5.41) is 0. The third-order valence-electron chi connectivity index (χ3n) is 2.80. The Bertz CT molecular complexity index is 305. The van der Waals surface area contributed by atoms with Crippen LogP contribution in [0.4, 0.5) is 0 Å². The number of rotatable bonds is 5. The molecule has 1 rings (SSSR count). The molecule has 1 aliphatic heterocycles. The van der Waals surface area contributed by atoms with Crippen molar-refractivity contribution in [3.8, 4) is 0 Å². The van der Waals surface area contributed by atoms with Crippen molar-refractivity contribution in [3.63, 3.8) is 0 Å². The van der Waals surface area contributed by atoms with Gasteiger partial charge in [0.05, 0.1) is 5.75 Å². The van der Waals surface area contributed by atoms with Gasteiger partial charge in [0.25, 0.3) is 0 Å². The van der Waals surface area contributed by atoms with Crippen molar-refractivity contribution in [2.45, 2.75) is 26.2 Å². The highest BCUT2D eigenvalue weighted by Gasteiger charge is 2.35. The lowest BCUT2D eigenvalue weighted by Crippen LogP contribution is -2.52. The van der Waals surface area contributed by atoms with E-state index in [4.69, 9.17) is 4.28 Å². The van der Waals surface area contributed by atoms with E-state index in [1.54, 1.807) is 0 Å². The van der Waals surface area contributed by atoms with E-state index >= 15 is 0 Å². The van der Waals surface area contributed by atoms with Crippen LogP contribution in [-0.2, 0) is 14.4 Å². The van der Waals surface area contributed by atoms with Gasteiger partial charge in [0.1, 0.15) is 19.6 Å². The molecule has 1 aliphatic rings. The summed E-state index contributed by atoms with van der Waals surface area (Å²) in [5.74, 6) is -0.104. The summed E-state index contributed by atoms with van der Waals surface area (Å²) in [5.41, 5.74) is 0. The summed E-state index contributed by atoms with van der Waals surface area (Å²) in [6.07, 6.45) is 4.62. The second-order valence-corrected chi connectivity index (χ2v) is 5.57. The van der Waals surface area contributed by atoms with Gasteiger partial charge in [0, 0.05) is 0 Å². The molecular weight excluding hydrogens is 214 g/mol. The van der Waals surface area contributed by atoms with Crippen LogP contribution in [0, 0.1) is 0 Å². The van der Waals surface area contributed by atoms with Crippen molar-refractivity contribution in [1.29, 1.82) is 0 Å². The van der Waals surface area contributed by atoms with Gasteiger partial charge in [-0.25, -0.2) is 0 Å². The van der Waals surface area contributed by atoms with Gasteiger partial charge in [-0.1, -0.05) is 10.4 Å². The highest BCUT2D eigenvalue weighted by molar-refractivity contribution is 7.86. The Kier molecular flexibility index (Phi) is 4.31. The normalized spacial score (nSPS) is 21.1. The van der Waals surface area contributed by atoms with Crippen LogP contribution in [-0.4, -0.2) is 38.5 Å². The van der Waals surface area contributed by atoms with E-state index in [2.05, 4.69) is 6.58 Å². The summed E-state index contributed by atoms with van der Waals surface area (Å²) < 4.78 is 28.7. The van der Waals surface area contributed by atoms with Crippen LogP contribution >= 0.6 is 0 Å². The molecule has 1 saturated heterocycles. The van der Waals surface area contributed by atoms with Crippen LogP contribution in [0.15, 0.2) is 12.7 Å². The molecule has 1 heterocycles. The highest BCUT2D eigenvalue weighted by Crippen LogP contribution is 2.21. The summed E-state index contributed by atoms with van der Waals surface area (Å²) in [4.78, 5) is 0. The number of likely N-dealkylation sites (tertiary alicyclic amines) is 1. The zero-order valence-electron chi connectivity index (χ0n) is 9.31. The lowest BCUT2D eigenvalue weighted by atomic mass is 10.1. The predicted molar refractivity (Wildman–Crippen MR) is 59.5 cm³/mol. The first-order chi connectivity index (χ1) is 7.04. The van der Waals surface area contributed by atoms with Crippen molar-refractivity contribution in [3.05, 3.63) is 12.7 Å². The molecule has 0 aromatic rings. The topological polar surface area (TPSA) is 43.4 Å². The first-order valence-corrected chi connectivity index (χ1v) is 7.02. The molecule has 15 heavy (non-hydrogen) atoms. The van der Waals surface area contributed by atoms with E-state index in [1.807, 2.05) is 6.92 Å². The van der Waals surface area contributed by atoms with Crippen molar-refractivity contribution in [2.75, 3.05) is 25.4 Å². The fraction of sp³-hybridized carbons (Fsp3) is 0.800. The molecule has 4 nitrogen and oxygen atoms in total. The number of hydroxylamine groups is 3. The van der Waals surface area contributed by atoms with Crippen molar-refractivity contribution in [2.24, 2.45) is 0 Å². The van der Waals surface area contributed by atoms with Crippen LogP contribution < -0.4 is 0 Å². The second kappa shape index (κ2) is 5.09. The maximum atomic E-state index is 11.6. The molecule has 0 amide bonds. The molecule has 0 N–H and O–H groups in total. The number of quaternary nitrogens is 1. The predicted octanol–water partition coefficient (Wildman–Crippen LogP) is 1.45. The van der Waals surface area contributed by atoms with Crippen LogP contribution in [0.3, 0.4) is 0 Å². The average molecular weight is 234 g/mol. The molecule has 0 aromatic heterocycles. The van der Waals surface area contributed by atoms with E-state index in [9.17, 15) is 8.42 Å². The van der Waals surface area contributed by atoms with E-state index in [0.717, 1.165) is 25.9 Å². The third kappa shape index (κ3) is 3.59. The van der Waals surface area contributed by atoms with Crippen LogP contribution in [0.5, 0.6) is 0 Å². The molecule has 0 saturated carbocycles. The van der Waals surface area contributed by atoms with Gasteiger partial charge in [-0.05, 0) is 26.2 Å². The minimum Gasteiger partial charge on any atom is -0.194 e. The number of hydrogen-bond donors (Lipinski definition) is 0. The largest absolute Gasteiger partial charge is 0.317 e. The highest BCUT2D eigenvalue weighted by atomic mass is 32.2. The second-order valence-electron chi connectivity index (χ2n) is 3.97. The zero-order valence-corrected chi connectivity index (χ0v) is 10.1. The van der Waals surface area contributed by atoms with Gasteiger partial charge in [0.2, 0.25) is 0 Å². The molecule has 5 heteroatoms. The van der Waals surface area contributed by atoms with Gasteiger partial charge in [-0.3, -0.25) is 0 Å². The minimum atomic E-state index is -3.45. The molecule has 0 aromatic carbocycles. The lowest BCUT2D eigenvalue weighted by Gasteiger charge is -2.35. The molecule has 0 aliphatic carbocycles. The van der Waals surface area contributed by atoms with Crippen LogP contribution in [0.2, 0.25) is 0 Å². The summed E-state index contributed by atoms with van der Waals surface area (Å²) >= 11 is 0. The Morgan fingerprint density at radius 1 is 1.33 bits per heavy atom. The number of nitrogens with zero attached hydrogens (tertiary/aromatic N) is 1. The fourth-order valence-electron chi connectivity index (χ4n) is 1.95. The minimum absolute atomic E-state index is 0.104. The Morgan fingerprint density at radius 3 is 2.40 bits per heavy atom. The maximum Gasteiger partial charge on any atom is 0.317 e. The van der Waals surface area contributed by atoms with Crippen molar-refractivity contribution in [1.82, 2.24) is 0 Å². The summed E-state index contributed by atoms with van der Waals surface area (Å²) in [7, 11) is -3.45. The van der Waals surface area contributed by atoms with E-state index in [-0.39, 0.29) is 10.4 Å². The van der Waals surface area contributed by atoms with Gasteiger partial charge >= 0.3 is 10.1 Å². The molecular formula is C10H20NO3S+. The maximum absolute atomic E-state index is 11.6. The summed E-state index contributed by atoms with van der Waals surface area (Å²) in [6.45, 7) is 7.69. The van der Waals surface area contributed by atoms with Crippen LogP contribution in [0.1, 0.15) is 26.2 Å². The smallest absolute Gasteiger partial charge is 0.194 e. The summed E-state index contributed by atoms with van der Waals surface area (Å²) in [6, 6.07) is 0. The number of hydrogen-bond acceptors (Lipinski definition) is 3. The fourth-order valence-corrected chi connectivity index (χ4v) is 3.03. The molecule has 0 bridgehead atoms. The molecule has 0 spiro atoms. The van der Waals surface area contributed by atoms with Gasteiger partial charge in [-0.15, -0.1) is 6.58 Å². The van der Waals surface area contributed by atoms with Gasteiger partial charge in [0.15, 0.2) is 0 Å². The third-order valence-corrected chi connectivity index (χ3v) is 3.99.